The molecule has 0 saturated heterocycles. The normalized spacial score (nSPS) is 11.4. The molecule has 140 valence electrons. The third kappa shape index (κ3) is 5.02. The molecule has 0 radical (unpaired) electrons. The molecular weight excluding hydrogens is 350 g/mol. The number of aromatic nitrogens is 1. The first-order valence-corrected chi connectivity index (χ1v) is 8.72. The van der Waals surface area contributed by atoms with Crippen molar-refractivity contribution in [2.75, 3.05) is 28.2 Å². The largest absolute Gasteiger partial charge is 0.352 e. The first kappa shape index (κ1) is 19.8. The highest BCUT2D eigenvalue weighted by molar-refractivity contribution is 6.30. The summed E-state index contributed by atoms with van der Waals surface area (Å²) >= 11 is 6.05. The topological polar surface area (TPSA) is 52.9 Å². The fraction of sp³-hybridized carbons (Fsp3) is 0.368. The fourth-order valence-electron chi connectivity index (χ4n) is 2.63. The highest BCUT2D eigenvalue weighted by Gasteiger charge is 2.10. The van der Waals surface area contributed by atoms with Crippen molar-refractivity contribution in [1.82, 2.24) is 19.7 Å². The Morgan fingerprint density at radius 3 is 2.38 bits per heavy atom. The summed E-state index contributed by atoms with van der Waals surface area (Å²) in [6, 6.07) is 9.55. The highest BCUT2D eigenvalue weighted by Crippen LogP contribution is 2.14. The van der Waals surface area contributed by atoms with Crippen molar-refractivity contribution in [1.29, 1.82) is 0 Å². The first-order valence-electron chi connectivity index (χ1n) is 8.35. The first-order chi connectivity index (χ1) is 12.3. The quantitative estimate of drug-likeness (QED) is 0.645. The molecule has 0 aliphatic rings. The molecule has 6 nitrogen and oxygen atoms in total. The van der Waals surface area contributed by atoms with Crippen LogP contribution in [-0.2, 0) is 20.1 Å². The lowest BCUT2D eigenvalue weighted by molar-refractivity contribution is 0.0827. The zero-order chi connectivity index (χ0) is 19.3. The molecule has 0 aliphatic heterocycles. The number of aliphatic imine (C=N–C) groups is 1. The molecule has 1 aromatic carbocycles. The van der Waals surface area contributed by atoms with Gasteiger partial charge in [0.1, 0.15) is 0 Å². The monoisotopic (exact) mass is 375 g/mol. The van der Waals surface area contributed by atoms with Gasteiger partial charge in [-0.3, -0.25) is 9.79 Å². The number of hydrogen-bond donors (Lipinski definition) is 1. The number of benzene rings is 1. The Labute approximate surface area is 160 Å². The molecule has 7 heteroatoms. The zero-order valence-electron chi connectivity index (χ0n) is 16.0. The van der Waals surface area contributed by atoms with Gasteiger partial charge in [0.2, 0.25) is 0 Å². The van der Waals surface area contributed by atoms with Crippen LogP contribution < -0.4 is 5.32 Å². The van der Waals surface area contributed by atoms with Crippen LogP contribution >= 0.6 is 11.6 Å². The maximum absolute atomic E-state index is 11.9. The second-order valence-corrected chi connectivity index (χ2v) is 6.85. The molecule has 1 aromatic heterocycles. The number of hydrogen-bond acceptors (Lipinski definition) is 2. The van der Waals surface area contributed by atoms with Crippen LogP contribution in [0.5, 0.6) is 0 Å². The average Bonchev–Trinajstić information content (AvgIpc) is 2.92. The van der Waals surface area contributed by atoms with Gasteiger partial charge in [-0.25, -0.2) is 0 Å². The van der Waals surface area contributed by atoms with E-state index in [1.54, 1.807) is 26.0 Å². The predicted molar refractivity (Wildman–Crippen MR) is 107 cm³/mol. The minimum absolute atomic E-state index is 0.00119. The molecule has 1 N–H and O–H groups in total. The summed E-state index contributed by atoms with van der Waals surface area (Å²) < 4.78 is 2.01. The number of halogens is 1. The standard InChI is InChI=1S/C19H26ClN5O/c1-21-19(25(5)13-17-10-16(20)12-24(17)4)22-11-14-6-8-15(9-7-14)18(26)23(2)3/h6-10,12H,11,13H2,1-5H3,(H,21,22). The minimum atomic E-state index is 0.00119. The Kier molecular flexibility index (Phi) is 6.69. The number of nitrogens with one attached hydrogen (secondary N) is 1. The van der Waals surface area contributed by atoms with Crippen LogP contribution in [0.15, 0.2) is 41.5 Å². The molecule has 0 unspecified atom stereocenters. The van der Waals surface area contributed by atoms with E-state index in [0.717, 1.165) is 22.2 Å². The molecule has 0 saturated carbocycles. The lowest BCUT2D eigenvalue weighted by atomic mass is 10.1. The third-order valence-corrected chi connectivity index (χ3v) is 4.31. The van der Waals surface area contributed by atoms with Gasteiger partial charge >= 0.3 is 0 Å². The summed E-state index contributed by atoms with van der Waals surface area (Å²) in [5.41, 5.74) is 2.87. The Morgan fingerprint density at radius 2 is 1.88 bits per heavy atom. The van der Waals surface area contributed by atoms with Gasteiger partial charge in [0.05, 0.1) is 11.6 Å². The Hall–Kier alpha value is -2.47. The summed E-state index contributed by atoms with van der Waals surface area (Å²) in [7, 11) is 9.21. The minimum Gasteiger partial charge on any atom is -0.352 e. The van der Waals surface area contributed by atoms with E-state index < -0.39 is 0 Å². The summed E-state index contributed by atoms with van der Waals surface area (Å²) in [5.74, 6) is 0.789. The summed E-state index contributed by atoms with van der Waals surface area (Å²) in [5, 5.41) is 4.07. The van der Waals surface area contributed by atoms with Gasteiger partial charge in [0, 0.05) is 59.2 Å². The number of rotatable bonds is 5. The lowest BCUT2D eigenvalue weighted by Gasteiger charge is -2.22. The van der Waals surface area contributed by atoms with Crippen molar-refractivity contribution in [2.45, 2.75) is 13.1 Å². The van der Waals surface area contributed by atoms with E-state index in [4.69, 9.17) is 11.6 Å². The van der Waals surface area contributed by atoms with E-state index in [9.17, 15) is 4.79 Å². The van der Waals surface area contributed by atoms with Crippen molar-refractivity contribution in [2.24, 2.45) is 12.0 Å². The molecule has 1 heterocycles. The second kappa shape index (κ2) is 8.76. The highest BCUT2D eigenvalue weighted by atomic mass is 35.5. The number of aryl methyl sites for hydroxylation is 1. The molecule has 26 heavy (non-hydrogen) atoms. The molecule has 0 atom stereocenters. The average molecular weight is 376 g/mol. The molecule has 2 rings (SSSR count). The molecule has 0 spiro atoms. The predicted octanol–water partition coefficient (Wildman–Crippen LogP) is 2.59. The molecule has 0 aliphatic carbocycles. The SMILES string of the molecule is CN=C(NCc1ccc(C(=O)N(C)C)cc1)N(C)Cc1cc(Cl)cn1C. The van der Waals surface area contributed by atoms with E-state index in [1.165, 1.54) is 0 Å². The van der Waals surface area contributed by atoms with Crippen molar-refractivity contribution in [3.05, 3.63) is 58.4 Å². The summed E-state index contributed by atoms with van der Waals surface area (Å²) in [4.78, 5) is 19.9. The zero-order valence-corrected chi connectivity index (χ0v) is 16.7. The van der Waals surface area contributed by atoms with E-state index >= 15 is 0 Å². The van der Waals surface area contributed by atoms with E-state index in [2.05, 4.69) is 10.3 Å². The van der Waals surface area contributed by atoms with E-state index in [1.807, 2.05) is 60.1 Å². The number of carbonyl (C=O) groups is 1. The van der Waals surface area contributed by atoms with Crippen LogP contribution in [0.25, 0.3) is 0 Å². The number of amides is 1. The summed E-state index contributed by atoms with van der Waals surface area (Å²) in [6.07, 6.45) is 1.89. The van der Waals surface area contributed by atoms with Crippen molar-refractivity contribution in [3.8, 4) is 0 Å². The van der Waals surface area contributed by atoms with Gasteiger partial charge in [-0.1, -0.05) is 23.7 Å². The second-order valence-electron chi connectivity index (χ2n) is 6.41. The van der Waals surface area contributed by atoms with Crippen LogP contribution in [0.3, 0.4) is 0 Å². The van der Waals surface area contributed by atoms with Crippen LogP contribution in [0, 0.1) is 0 Å². The van der Waals surface area contributed by atoms with Gasteiger partial charge in [-0.15, -0.1) is 0 Å². The smallest absolute Gasteiger partial charge is 0.253 e. The Balaban J connectivity index is 1.96. The molecule has 0 bridgehead atoms. The van der Waals surface area contributed by atoms with Gasteiger partial charge in [0.25, 0.3) is 5.91 Å². The Morgan fingerprint density at radius 1 is 1.23 bits per heavy atom. The molecular formula is C19H26ClN5O. The fourth-order valence-corrected chi connectivity index (χ4v) is 2.90. The number of guanidine groups is 1. The maximum atomic E-state index is 11.9. The van der Waals surface area contributed by atoms with Gasteiger partial charge in [0.15, 0.2) is 5.96 Å². The molecule has 0 fully saturated rings. The van der Waals surface area contributed by atoms with Crippen LogP contribution in [0.1, 0.15) is 21.6 Å². The van der Waals surface area contributed by atoms with Crippen molar-refractivity contribution >= 4 is 23.5 Å². The molecule has 2 aromatic rings. The lowest BCUT2D eigenvalue weighted by Crippen LogP contribution is -2.38. The van der Waals surface area contributed by atoms with Crippen LogP contribution in [0.2, 0.25) is 5.02 Å². The van der Waals surface area contributed by atoms with Crippen molar-refractivity contribution < 1.29 is 4.79 Å². The number of carbonyl (C=O) groups excluding carboxylic acids is 1. The van der Waals surface area contributed by atoms with Gasteiger partial charge in [-0.2, -0.15) is 0 Å². The van der Waals surface area contributed by atoms with Crippen LogP contribution in [-0.4, -0.2) is 54.4 Å². The van der Waals surface area contributed by atoms with E-state index in [-0.39, 0.29) is 5.91 Å². The maximum Gasteiger partial charge on any atom is 0.253 e. The van der Waals surface area contributed by atoms with Gasteiger partial charge < -0.3 is 19.7 Å². The molecule has 1 amide bonds. The van der Waals surface area contributed by atoms with Crippen molar-refractivity contribution in [3.63, 3.8) is 0 Å². The number of nitrogens with zero attached hydrogens (tertiary/aromatic N) is 4. The summed E-state index contributed by atoms with van der Waals surface area (Å²) in [6.45, 7) is 1.32. The Bertz CT molecular complexity index is 780. The van der Waals surface area contributed by atoms with E-state index in [0.29, 0.717) is 18.7 Å². The van der Waals surface area contributed by atoms with Gasteiger partial charge in [-0.05, 0) is 23.8 Å². The van der Waals surface area contributed by atoms with Crippen LogP contribution in [0.4, 0.5) is 0 Å². The third-order valence-electron chi connectivity index (χ3n) is 4.10.